The molecule has 2 aromatic carbocycles. The second-order valence-electron chi connectivity index (χ2n) is 3.87. The van der Waals surface area contributed by atoms with Crippen LogP contribution in [0.2, 0.25) is 0 Å². The standard InChI is InChI=1S/C14H10FNO/c1-17-14-3-2-13(15)11-6-9-4-5-16-8-10(9)7-12(11)14/h2-8H,1H3. The van der Waals surface area contributed by atoms with Crippen LogP contribution in [0.1, 0.15) is 0 Å². The summed E-state index contributed by atoms with van der Waals surface area (Å²) < 4.78 is 19.0. The van der Waals surface area contributed by atoms with Gasteiger partial charge in [0.25, 0.3) is 0 Å². The van der Waals surface area contributed by atoms with Gasteiger partial charge >= 0.3 is 0 Å². The minimum atomic E-state index is -0.237. The Labute approximate surface area is 97.7 Å². The van der Waals surface area contributed by atoms with Crippen molar-refractivity contribution in [3.8, 4) is 5.75 Å². The highest BCUT2D eigenvalue weighted by atomic mass is 19.1. The summed E-state index contributed by atoms with van der Waals surface area (Å²) in [6.07, 6.45) is 3.46. The molecule has 1 heterocycles. The first-order valence-corrected chi connectivity index (χ1v) is 5.29. The molecule has 0 fully saturated rings. The van der Waals surface area contributed by atoms with E-state index >= 15 is 0 Å². The number of ether oxygens (including phenoxy) is 1. The van der Waals surface area contributed by atoms with Gasteiger partial charge < -0.3 is 4.74 Å². The smallest absolute Gasteiger partial charge is 0.131 e. The Morgan fingerprint density at radius 1 is 1.06 bits per heavy atom. The Kier molecular flexibility index (Phi) is 2.18. The third-order valence-corrected chi connectivity index (χ3v) is 2.90. The molecule has 3 heteroatoms. The Morgan fingerprint density at radius 2 is 1.88 bits per heavy atom. The second-order valence-corrected chi connectivity index (χ2v) is 3.87. The van der Waals surface area contributed by atoms with Crippen molar-refractivity contribution >= 4 is 21.5 Å². The molecule has 0 unspecified atom stereocenters. The summed E-state index contributed by atoms with van der Waals surface area (Å²) in [5.74, 6) is 0.437. The van der Waals surface area contributed by atoms with E-state index in [4.69, 9.17) is 4.74 Å². The van der Waals surface area contributed by atoms with Gasteiger partial charge in [-0.2, -0.15) is 0 Å². The zero-order valence-electron chi connectivity index (χ0n) is 9.27. The van der Waals surface area contributed by atoms with Crippen molar-refractivity contribution in [2.75, 3.05) is 7.11 Å². The van der Waals surface area contributed by atoms with E-state index in [0.29, 0.717) is 11.1 Å². The molecule has 0 aliphatic heterocycles. The number of halogens is 1. The van der Waals surface area contributed by atoms with Crippen LogP contribution in [0.15, 0.2) is 42.7 Å². The summed E-state index contributed by atoms with van der Waals surface area (Å²) in [6, 6.07) is 8.66. The molecule has 0 aliphatic carbocycles. The molecule has 0 bridgehead atoms. The summed E-state index contributed by atoms with van der Waals surface area (Å²) in [6.45, 7) is 0. The SMILES string of the molecule is COc1ccc(F)c2cc3ccncc3cc12. The number of methoxy groups -OCH3 is 1. The molecule has 0 amide bonds. The number of nitrogens with zero attached hydrogens (tertiary/aromatic N) is 1. The maximum atomic E-state index is 13.8. The Balaban J connectivity index is 2.50. The molecule has 2 nitrogen and oxygen atoms in total. The number of hydrogen-bond acceptors (Lipinski definition) is 2. The topological polar surface area (TPSA) is 22.1 Å². The van der Waals surface area contributed by atoms with E-state index < -0.39 is 0 Å². The molecule has 3 aromatic rings. The molecule has 0 saturated carbocycles. The van der Waals surface area contributed by atoms with Crippen LogP contribution in [0.4, 0.5) is 4.39 Å². The van der Waals surface area contributed by atoms with Crippen molar-refractivity contribution < 1.29 is 9.13 Å². The molecular formula is C14H10FNO. The van der Waals surface area contributed by atoms with Crippen molar-refractivity contribution in [3.63, 3.8) is 0 Å². The average molecular weight is 227 g/mol. The monoisotopic (exact) mass is 227 g/mol. The van der Waals surface area contributed by atoms with Crippen LogP contribution < -0.4 is 4.74 Å². The number of benzene rings is 2. The van der Waals surface area contributed by atoms with Crippen molar-refractivity contribution in [3.05, 3.63) is 48.5 Å². The predicted molar refractivity (Wildman–Crippen MR) is 65.8 cm³/mol. The molecule has 0 saturated heterocycles. The third-order valence-electron chi connectivity index (χ3n) is 2.90. The number of rotatable bonds is 1. The van der Waals surface area contributed by atoms with Gasteiger partial charge in [0.2, 0.25) is 0 Å². The molecule has 0 radical (unpaired) electrons. The molecule has 0 spiro atoms. The number of fused-ring (bicyclic) bond motifs is 2. The van der Waals surface area contributed by atoms with Gasteiger partial charge in [0.05, 0.1) is 7.11 Å². The van der Waals surface area contributed by atoms with Crippen LogP contribution in [0, 0.1) is 5.82 Å². The number of aromatic nitrogens is 1. The fourth-order valence-corrected chi connectivity index (χ4v) is 2.04. The lowest BCUT2D eigenvalue weighted by molar-refractivity contribution is 0.419. The molecule has 0 atom stereocenters. The van der Waals surface area contributed by atoms with E-state index in [9.17, 15) is 4.39 Å². The summed E-state index contributed by atoms with van der Waals surface area (Å²) in [5, 5.41) is 3.29. The van der Waals surface area contributed by atoms with E-state index in [1.807, 2.05) is 18.2 Å². The van der Waals surface area contributed by atoms with Crippen LogP contribution in [-0.2, 0) is 0 Å². The number of hydrogen-bond donors (Lipinski definition) is 0. The van der Waals surface area contributed by atoms with Crippen LogP contribution >= 0.6 is 0 Å². The molecule has 17 heavy (non-hydrogen) atoms. The largest absolute Gasteiger partial charge is 0.496 e. The highest BCUT2D eigenvalue weighted by Crippen LogP contribution is 2.31. The lowest BCUT2D eigenvalue weighted by Crippen LogP contribution is -1.88. The van der Waals surface area contributed by atoms with E-state index in [1.165, 1.54) is 6.07 Å². The van der Waals surface area contributed by atoms with Gasteiger partial charge in [-0.25, -0.2) is 4.39 Å². The Morgan fingerprint density at radius 3 is 2.71 bits per heavy atom. The maximum Gasteiger partial charge on any atom is 0.131 e. The predicted octanol–water partition coefficient (Wildman–Crippen LogP) is 3.54. The van der Waals surface area contributed by atoms with Gasteiger partial charge in [0, 0.05) is 28.6 Å². The van der Waals surface area contributed by atoms with Crippen LogP contribution in [0.5, 0.6) is 5.75 Å². The maximum absolute atomic E-state index is 13.8. The molecule has 3 rings (SSSR count). The van der Waals surface area contributed by atoms with Crippen LogP contribution in [0.3, 0.4) is 0 Å². The van der Waals surface area contributed by atoms with Crippen molar-refractivity contribution in [1.29, 1.82) is 0 Å². The summed E-state index contributed by atoms with van der Waals surface area (Å²) in [4.78, 5) is 4.06. The average Bonchev–Trinajstić information content (AvgIpc) is 2.38. The van der Waals surface area contributed by atoms with Gasteiger partial charge in [-0.1, -0.05) is 0 Å². The highest BCUT2D eigenvalue weighted by molar-refractivity contribution is 6.00. The summed E-state index contributed by atoms with van der Waals surface area (Å²) in [7, 11) is 1.58. The second kappa shape index (κ2) is 3.70. The molecular weight excluding hydrogens is 217 g/mol. The van der Waals surface area contributed by atoms with Crippen LogP contribution in [0.25, 0.3) is 21.5 Å². The minimum absolute atomic E-state index is 0.237. The zero-order valence-corrected chi connectivity index (χ0v) is 9.27. The Hall–Kier alpha value is -2.16. The van der Waals surface area contributed by atoms with Gasteiger partial charge in [-0.15, -0.1) is 0 Å². The van der Waals surface area contributed by atoms with E-state index in [2.05, 4.69) is 4.98 Å². The quantitative estimate of drug-likeness (QED) is 0.593. The van der Waals surface area contributed by atoms with E-state index in [0.717, 1.165) is 16.2 Å². The Bertz CT molecular complexity index is 709. The molecule has 0 N–H and O–H groups in total. The number of pyridine rings is 1. The van der Waals surface area contributed by atoms with Gasteiger partial charge in [0.15, 0.2) is 0 Å². The van der Waals surface area contributed by atoms with E-state index in [1.54, 1.807) is 25.6 Å². The van der Waals surface area contributed by atoms with Crippen molar-refractivity contribution in [2.45, 2.75) is 0 Å². The summed E-state index contributed by atoms with van der Waals surface area (Å²) >= 11 is 0. The fourth-order valence-electron chi connectivity index (χ4n) is 2.04. The van der Waals surface area contributed by atoms with Gasteiger partial charge in [-0.05, 0) is 35.7 Å². The lowest BCUT2D eigenvalue weighted by Gasteiger charge is -2.07. The fraction of sp³-hybridized carbons (Fsp3) is 0.0714. The summed E-state index contributed by atoms with van der Waals surface area (Å²) in [5.41, 5.74) is 0. The normalized spacial score (nSPS) is 10.9. The van der Waals surface area contributed by atoms with Gasteiger partial charge in [0.1, 0.15) is 11.6 Å². The lowest BCUT2D eigenvalue weighted by atomic mass is 10.0. The minimum Gasteiger partial charge on any atom is -0.496 e. The molecule has 84 valence electrons. The van der Waals surface area contributed by atoms with E-state index in [-0.39, 0.29) is 5.82 Å². The van der Waals surface area contributed by atoms with Crippen molar-refractivity contribution in [1.82, 2.24) is 4.98 Å². The molecule has 1 aromatic heterocycles. The third kappa shape index (κ3) is 1.51. The highest BCUT2D eigenvalue weighted by Gasteiger charge is 2.07. The first kappa shape index (κ1) is 10.0. The first-order valence-electron chi connectivity index (χ1n) is 5.29. The van der Waals surface area contributed by atoms with Crippen LogP contribution in [-0.4, -0.2) is 12.1 Å². The zero-order chi connectivity index (χ0) is 11.8. The van der Waals surface area contributed by atoms with Crippen molar-refractivity contribution in [2.24, 2.45) is 0 Å². The molecule has 0 aliphatic rings. The first-order chi connectivity index (χ1) is 8.29. The van der Waals surface area contributed by atoms with Gasteiger partial charge in [-0.3, -0.25) is 4.98 Å².